The van der Waals surface area contributed by atoms with Crippen molar-refractivity contribution in [3.63, 3.8) is 0 Å². The molecule has 0 aliphatic heterocycles. The summed E-state index contributed by atoms with van der Waals surface area (Å²) in [6.45, 7) is 1.99. The first-order valence-electron chi connectivity index (χ1n) is 6.71. The van der Waals surface area contributed by atoms with Crippen LogP contribution in [0.3, 0.4) is 0 Å². The third kappa shape index (κ3) is 4.53. The summed E-state index contributed by atoms with van der Waals surface area (Å²) < 4.78 is 0. The van der Waals surface area contributed by atoms with Crippen LogP contribution in [0.1, 0.15) is 17.0 Å². The van der Waals surface area contributed by atoms with Gasteiger partial charge in [0.25, 0.3) is 0 Å². The van der Waals surface area contributed by atoms with Gasteiger partial charge in [-0.25, -0.2) is 0 Å². The molecule has 0 aliphatic rings. The molecule has 0 saturated carbocycles. The predicted molar refractivity (Wildman–Crippen MR) is 85.6 cm³/mol. The number of carbonyl (C=O) groups excluding carboxylic acids is 2. The summed E-state index contributed by atoms with van der Waals surface area (Å²) >= 11 is 5.80. The molecule has 0 bridgehead atoms. The van der Waals surface area contributed by atoms with Gasteiger partial charge in [-0.1, -0.05) is 17.7 Å². The fraction of sp³-hybridized carbons (Fsp3) is 0.125. The van der Waals surface area contributed by atoms with Crippen LogP contribution < -0.4 is 10.6 Å². The number of nitrogens with zero attached hydrogens (tertiary/aromatic N) is 2. The van der Waals surface area contributed by atoms with Crippen LogP contribution in [-0.2, 0) is 16.1 Å². The molecule has 2 rings (SSSR count). The fourth-order valence-corrected chi connectivity index (χ4v) is 1.99. The molecule has 0 aliphatic carbocycles. The summed E-state index contributed by atoms with van der Waals surface area (Å²) in [5.74, 6) is -1.62. The second-order valence-electron chi connectivity index (χ2n) is 4.71. The third-order valence-corrected chi connectivity index (χ3v) is 3.26. The summed E-state index contributed by atoms with van der Waals surface area (Å²) in [4.78, 5) is 27.8. The molecule has 1 heterocycles. The lowest BCUT2D eigenvalue weighted by Crippen LogP contribution is -2.35. The number of anilines is 1. The molecule has 0 unspecified atom stereocenters. The highest BCUT2D eigenvalue weighted by molar-refractivity contribution is 6.39. The highest BCUT2D eigenvalue weighted by atomic mass is 35.5. The summed E-state index contributed by atoms with van der Waals surface area (Å²) in [7, 11) is 0. The number of aromatic nitrogens is 1. The number of aryl methyl sites for hydroxylation is 1. The lowest BCUT2D eigenvalue weighted by molar-refractivity contribution is -0.136. The SMILES string of the molecule is Cc1cccc(CNC(=O)C(=O)Nc2ccc(Cl)c(C#N)c2)n1. The van der Waals surface area contributed by atoms with E-state index in [0.29, 0.717) is 11.4 Å². The van der Waals surface area contributed by atoms with E-state index in [1.54, 1.807) is 6.07 Å². The van der Waals surface area contributed by atoms with Crippen molar-refractivity contribution in [1.29, 1.82) is 5.26 Å². The number of nitriles is 1. The van der Waals surface area contributed by atoms with E-state index in [1.807, 2.05) is 25.1 Å². The average Bonchev–Trinajstić information content (AvgIpc) is 2.54. The van der Waals surface area contributed by atoms with Gasteiger partial charge < -0.3 is 10.6 Å². The van der Waals surface area contributed by atoms with E-state index in [9.17, 15) is 9.59 Å². The smallest absolute Gasteiger partial charge is 0.313 e. The molecular formula is C16H13ClN4O2. The van der Waals surface area contributed by atoms with E-state index in [0.717, 1.165) is 5.69 Å². The lowest BCUT2D eigenvalue weighted by Gasteiger charge is -2.07. The summed E-state index contributed by atoms with van der Waals surface area (Å²) in [6.07, 6.45) is 0. The number of hydrogen-bond acceptors (Lipinski definition) is 4. The standard InChI is InChI=1S/C16H13ClN4O2/c1-10-3-2-4-13(20-10)9-19-15(22)16(23)21-12-5-6-14(17)11(7-12)8-18/h2-7H,9H2,1H3,(H,19,22)(H,21,23). The van der Waals surface area contributed by atoms with Gasteiger partial charge in [0, 0.05) is 11.4 Å². The number of halogens is 1. The van der Waals surface area contributed by atoms with Crippen LogP contribution in [0.4, 0.5) is 5.69 Å². The van der Waals surface area contributed by atoms with Crippen molar-refractivity contribution >= 4 is 29.1 Å². The Balaban J connectivity index is 1.95. The fourth-order valence-electron chi connectivity index (χ4n) is 1.83. The number of nitrogens with one attached hydrogen (secondary N) is 2. The normalized spacial score (nSPS) is 9.78. The Morgan fingerprint density at radius 3 is 2.74 bits per heavy atom. The minimum atomic E-state index is -0.830. The van der Waals surface area contributed by atoms with Crippen molar-refractivity contribution in [2.24, 2.45) is 0 Å². The van der Waals surface area contributed by atoms with Gasteiger partial charge >= 0.3 is 11.8 Å². The molecule has 23 heavy (non-hydrogen) atoms. The van der Waals surface area contributed by atoms with E-state index < -0.39 is 11.8 Å². The minimum absolute atomic E-state index is 0.151. The molecular weight excluding hydrogens is 316 g/mol. The molecule has 7 heteroatoms. The average molecular weight is 329 g/mol. The van der Waals surface area contributed by atoms with Crippen LogP contribution in [0.5, 0.6) is 0 Å². The molecule has 1 aromatic carbocycles. The molecule has 0 atom stereocenters. The molecule has 0 saturated heterocycles. The summed E-state index contributed by atoms with van der Waals surface area (Å²) in [5, 5.41) is 14.1. The van der Waals surface area contributed by atoms with Gasteiger partial charge in [-0.05, 0) is 37.3 Å². The number of rotatable bonds is 3. The molecule has 2 amide bonds. The Hall–Kier alpha value is -2.91. The highest BCUT2D eigenvalue weighted by Crippen LogP contribution is 2.19. The van der Waals surface area contributed by atoms with Gasteiger partial charge in [0.1, 0.15) is 6.07 Å². The van der Waals surface area contributed by atoms with E-state index >= 15 is 0 Å². The summed E-state index contributed by atoms with van der Waals surface area (Å²) in [5.41, 5.74) is 2.02. The van der Waals surface area contributed by atoms with Gasteiger partial charge in [-0.3, -0.25) is 14.6 Å². The van der Waals surface area contributed by atoms with Gasteiger partial charge in [0.15, 0.2) is 0 Å². The van der Waals surface area contributed by atoms with Crippen LogP contribution in [0, 0.1) is 18.3 Å². The zero-order valence-electron chi connectivity index (χ0n) is 12.3. The molecule has 0 fully saturated rings. The highest BCUT2D eigenvalue weighted by Gasteiger charge is 2.14. The van der Waals surface area contributed by atoms with Gasteiger partial charge in [-0.2, -0.15) is 5.26 Å². The largest absolute Gasteiger partial charge is 0.342 e. The first kappa shape index (κ1) is 16.5. The quantitative estimate of drug-likeness (QED) is 0.844. The van der Waals surface area contributed by atoms with Crippen LogP contribution in [0.15, 0.2) is 36.4 Å². The Morgan fingerprint density at radius 2 is 2.04 bits per heavy atom. The molecule has 1 aromatic heterocycles. The number of amides is 2. The van der Waals surface area contributed by atoms with Crippen LogP contribution >= 0.6 is 11.6 Å². The van der Waals surface area contributed by atoms with E-state index in [4.69, 9.17) is 16.9 Å². The summed E-state index contributed by atoms with van der Waals surface area (Å²) in [6, 6.07) is 11.7. The monoisotopic (exact) mass is 328 g/mol. The maximum Gasteiger partial charge on any atom is 0.313 e. The molecule has 6 nitrogen and oxygen atoms in total. The van der Waals surface area contributed by atoms with Crippen LogP contribution in [-0.4, -0.2) is 16.8 Å². The number of carbonyl (C=O) groups is 2. The molecule has 0 spiro atoms. The third-order valence-electron chi connectivity index (χ3n) is 2.93. The van der Waals surface area contributed by atoms with Crippen LogP contribution in [0.25, 0.3) is 0 Å². The topological polar surface area (TPSA) is 94.9 Å². The number of benzene rings is 1. The van der Waals surface area contributed by atoms with Crippen molar-refractivity contribution < 1.29 is 9.59 Å². The first-order valence-corrected chi connectivity index (χ1v) is 7.09. The van der Waals surface area contributed by atoms with Crippen molar-refractivity contribution in [1.82, 2.24) is 10.3 Å². The van der Waals surface area contributed by atoms with E-state index in [2.05, 4.69) is 15.6 Å². The Morgan fingerprint density at radius 1 is 1.26 bits per heavy atom. The van der Waals surface area contributed by atoms with Crippen molar-refractivity contribution in [2.75, 3.05) is 5.32 Å². The molecule has 0 radical (unpaired) electrons. The minimum Gasteiger partial charge on any atom is -0.342 e. The molecule has 2 aromatic rings. The van der Waals surface area contributed by atoms with Crippen molar-refractivity contribution in [3.8, 4) is 6.07 Å². The zero-order chi connectivity index (χ0) is 16.8. The predicted octanol–water partition coefficient (Wildman–Crippen LogP) is 2.17. The van der Waals surface area contributed by atoms with Gasteiger partial charge in [0.05, 0.1) is 22.8 Å². The maximum atomic E-state index is 11.8. The second kappa shape index (κ2) is 7.38. The van der Waals surface area contributed by atoms with E-state index in [-0.39, 0.29) is 17.1 Å². The first-order chi connectivity index (χ1) is 11.0. The molecule has 2 N–H and O–H groups in total. The molecule has 116 valence electrons. The van der Waals surface area contributed by atoms with Gasteiger partial charge in [-0.15, -0.1) is 0 Å². The number of pyridine rings is 1. The lowest BCUT2D eigenvalue weighted by atomic mass is 10.2. The Bertz CT molecular complexity index is 799. The second-order valence-corrected chi connectivity index (χ2v) is 5.12. The van der Waals surface area contributed by atoms with Crippen molar-refractivity contribution in [2.45, 2.75) is 13.5 Å². The maximum absolute atomic E-state index is 11.8. The van der Waals surface area contributed by atoms with Gasteiger partial charge in [0.2, 0.25) is 0 Å². The van der Waals surface area contributed by atoms with Crippen molar-refractivity contribution in [3.05, 3.63) is 58.4 Å². The van der Waals surface area contributed by atoms with E-state index in [1.165, 1.54) is 18.2 Å². The Kier molecular flexibility index (Phi) is 5.28. The Labute approximate surface area is 138 Å². The zero-order valence-corrected chi connectivity index (χ0v) is 13.0. The van der Waals surface area contributed by atoms with Crippen LogP contribution in [0.2, 0.25) is 5.02 Å². The number of hydrogen-bond donors (Lipinski definition) is 2.